The monoisotopic (exact) mass is 256 g/mol. The van der Waals surface area contributed by atoms with Gasteiger partial charge < -0.3 is 12.4 Å². The third kappa shape index (κ3) is 2.11. The number of carbonyl (C=O) groups excluding carboxylic acids is 1. The molecule has 1 aliphatic rings. The molecule has 0 unspecified atom stereocenters. The van der Waals surface area contributed by atoms with E-state index in [0.29, 0.717) is 12.8 Å². The van der Waals surface area contributed by atoms with Crippen LogP contribution in [0.25, 0.3) is 0 Å². The van der Waals surface area contributed by atoms with Gasteiger partial charge in [0, 0.05) is 19.4 Å². The van der Waals surface area contributed by atoms with Crippen molar-refractivity contribution in [1.82, 2.24) is 4.31 Å². The molecular formula is C8H17ClN2O3S. The Morgan fingerprint density at radius 1 is 1.27 bits per heavy atom. The summed E-state index contributed by atoms with van der Waals surface area (Å²) in [5.74, 6) is -0.273. The molecule has 7 heteroatoms. The minimum absolute atomic E-state index is 0. The van der Waals surface area contributed by atoms with Crippen LogP contribution in [0, 0.1) is 0 Å². The number of hydrogen-bond donors (Lipinski definition) is 1. The highest BCUT2D eigenvalue weighted by Crippen LogP contribution is 2.20. The van der Waals surface area contributed by atoms with E-state index in [1.807, 2.05) is 13.8 Å². The fourth-order valence-electron chi connectivity index (χ4n) is 1.81. The summed E-state index contributed by atoms with van der Waals surface area (Å²) in [6, 6.07) is 0. The van der Waals surface area contributed by atoms with Crippen molar-refractivity contribution in [3.8, 4) is 0 Å². The van der Waals surface area contributed by atoms with Crippen LogP contribution in [0.3, 0.4) is 0 Å². The Bertz CT molecular complexity index is 338. The molecule has 1 aliphatic heterocycles. The van der Waals surface area contributed by atoms with Gasteiger partial charge in [-0.1, -0.05) is 13.8 Å². The first kappa shape index (κ1) is 14.7. The van der Waals surface area contributed by atoms with Crippen LogP contribution in [0.5, 0.6) is 0 Å². The first-order valence-electron chi connectivity index (χ1n) is 4.86. The van der Waals surface area contributed by atoms with Crippen molar-refractivity contribution in [3.05, 3.63) is 0 Å². The minimum Gasteiger partial charge on any atom is -1.00 e. The average Bonchev–Trinajstić information content (AvgIpc) is 2.33. The number of hydrogen-bond acceptors (Lipinski definition) is 3. The van der Waals surface area contributed by atoms with Crippen LogP contribution in [0.15, 0.2) is 0 Å². The average molecular weight is 257 g/mol. The quantitative estimate of drug-likeness (QED) is 0.564. The maximum atomic E-state index is 11.9. The van der Waals surface area contributed by atoms with Gasteiger partial charge in [0.05, 0.1) is 0 Å². The number of halogens is 1. The molecule has 0 aliphatic carbocycles. The Labute approximate surface area is 96.8 Å². The molecule has 0 aromatic heterocycles. The highest BCUT2D eigenvalue weighted by atomic mass is 35.5. The summed E-state index contributed by atoms with van der Waals surface area (Å²) in [6.45, 7) is 5.57. The van der Waals surface area contributed by atoms with Gasteiger partial charge in [-0.05, 0) is 6.92 Å². The van der Waals surface area contributed by atoms with Crippen molar-refractivity contribution in [2.24, 2.45) is 0 Å². The first-order chi connectivity index (χ1) is 6.43. The summed E-state index contributed by atoms with van der Waals surface area (Å²) in [6.07, 6.45) is 1.08. The zero-order valence-corrected chi connectivity index (χ0v) is 10.7. The molecule has 5 nitrogen and oxygen atoms in total. The summed E-state index contributed by atoms with van der Waals surface area (Å²) in [5, 5.41) is 0. The molecule has 1 fully saturated rings. The number of carbonyl (C=O) groups is 1. The summed E-state index contributed by atoms with van der Waals surface area (Å²) >= 11 is 0. The summed E-state index contributed by atoms with van der Waals surface area (Å²) < 4.78 is 25.3. The lowest BCUT2D eigenvalue weighted by Crippen LogP contribution is -3.00. The number of quaternary nitrogens is 1. The van der Waals surface area contributed by atoms with Crippen molar-refractivity contribution in [3.63, 3.8) is 0 Å². The standard InChI is InChI=1S/C8H16N2O3S.ClH/c1-4-8(5-2)7(11)10(6-3)14(12,13)9-8;/h9H,4-6H2,1-3H3;1H. The second kappa shape index (κ2) is 4.67. The van der Waals surface area contributed by atoms with Crippen LogP contribution in [0.4, 0.5) is 0 Å². The molecule has 90 valence electrons. The molecule has 0 aromatic rings. The fourth-order valence-corrected chi connectivity index (χ4v) is 3.71. The zero-order valence-electron chi connectivity index (χ0n) is 9.16. The lowest BCUT2D eigenvalue weighted by atomic mass is 9.93. The van der Waals surface area contributed by atoms with Gasteiger partial charge >= 0.3 is 16.1 Å². The minimum atomic E-state index is -3.46. The van der Waals surface area contributed by atoms with Crippen LogP contribution in [0.2, 0.25) is 0 Å². The van der Waals surface area contributed by atoms with Gasteiger partial charge in [-0.15, -0.1) is 0 Å². The first-order valence-corrected chi connectivity index (χ1v) is 6.37. The lowest BCUT2D eigenvalue weighted by molar-refractivity contribution is -0.565. The van der Waals surface area contributed by atoms with E-state index in [1.54, 1.807) is 6.92 Å². The maximum Gasteiger partial charge on any atom is 0.396 e. The van der Waals surface area contributed by atoms with Crippen molar-refractivity contribution in [1.29, 1.82) is 0 Å². The molecule has 2 N–H and O–H groups in total. The Balaban J connectivity index is 0.00000196. The van der Waals surface area contributed by atoms with Crippen LogP contribution >= 0.6 is 0 Å². The van der Waals surface area contributed by atoms with E-state index >= 15 is 0 Å². The van der Waals surface area contributed by atoms with Gasteiger partial charge in [0.15, 0.2) is 5.54 Å². The molecule has 1 saturated heterocycles. The smallest absolute Gasteiger partial charge is 0.396 e. The van der Waals surface area contributed by atoms with E-state index in [9.17, 15) is 13.2 Å². The van der Waals surface area contributed by atoms with E-state index in [0.717, 1.165) is 4.31 Å². The molecule has 0 atom stereocenters. The van der Waals surface area contributed by atoms with Crippen molar-refractivity contribution >= 4 is 16.1 Å². The molecule has 0 radical (unpaired) electrons. The normalized spacial score (nSPS) is 22.6. The molecule has 0 spiro atoms. The van der Waals surface area contributed by atoms with E-state index in [1.165, 1.54) is 4.72 Å². The second-order valence-corrected chi connectivity index (χ2v) is 5.20. The maximum absolute atomic E-state index is 11.9. The SMILES string of the molecule is CCN1C(=O)C(CC)(CC)[NH2+]S1(=O)=O.[Cl-]. The summed E-state index contributed by atoms with van der Waals surface area (Å²) in [5.41, 5.74) is -0.783. The second-order valence-electron chi connectivity index (χ2n) is 3.50. The Kier molecular flexibility index (Phi) is 4.57. The predicted octanol–water partition coefficient (Wildman–Crippen LogP) is -3.78. The molecule has 1 amide bonds. The van der Waals surface area contributed by atoms with Gasteiger partial charge in [-0.3, -0.25) is 4.79 Å². The van der Waals surface area contributed by atoms with Crippen molar-refractivity contribution in [2.45, 2.75) is 39.2 Å². The molecule has 1 rings (SSSR count). The number of likely N-dealkylation sites (N-methyl/N-ethyl adjacent to an activating group) is 1. The number of rotatable bonds is 3. The molecule has 0 bridgehead atoms. The molecular weight excluding hydrogens is 240 g/mol. The molecule has 0 aromatic carbocycles. The van der Waals surface area contributed by atoms with Crippen molar-refractivity contribution in [2.75, 3.05) is 6.54 Å². The Morgan fingerprint density at radius 2 is 1.73 bits per heavy atom. The highest BCUT2D eigenvalue weighted by molar-refractivity contribution is 7.83. The third-order valence-electron chi connectivity index (χ3n) is 2.88. The Morgan fingerprint density at radius 3 is 1.93 bits per heavy atom. The molecule has 15 heavy (non-hydrogen) atoms. The van der Waals surface area contributed by atoms with Gasteiger partial charge in [0.1, 0.15) is 0 Å². The largest absolute Gasteiger partial charge is 1.00 e. The van der Waals surface area contributed by atoms with E-state index < -0.39 is 15.7 Å². The van der Waals surface area contributed by atoms with Crippen molar-refractivity contribution < 1.29 is 30.3 Å². The van der Waals surface area contributed by atoms with E-state index in [4.69, 9.17) is 0 Å². The molecule has 1 heterocycles. The fraction of sp³-hybridized carbons (Fsp3) is 0.875. The van der Waals surface area contributed by atoms with Gasteiger partial charge in [0.2, 0.25) is 0 Å². The van der Waals surface area contributed by atoms with E-state index in [-0.39, 0.29) is 24.9 Å². The highest BCUT2D eigenvalue weighted by Gasteiger charge is 2.56. The topological polar surface area (TPSA) is 71.1 Å². The van der Waals surface area contributed by atoms with Crippen LogP contribution in [-0.4, -0.2) is 30.7 Å². The number of nitrogens with zero attached hydrogens (tertiary/aromatic N) is 1. The number of nitrogens with two attached hydrogens (primary N) is 1. The molecule has 0 saturated carbocycles. The third-order valence-corrected chi connectivity index (χ3v) is 4.67. The van der Waals surface area contributed by atoms with Gasteiger partial charge in [-0.2, -0.15) is 12.7 Å². The van der Waals surface area contributed by atoms with Crippen LogP contribution in [0.1, 0.15) is 33.6 Å². The summed E-state index contributed by atoms with van der Waals surface area (Å²) in [7, 11) is -3.46. The zero-order chi connectivity index (χ0) is 11.0. The van der Waals surface area contributed by atoms with Gasteiger partial charge in [-0.25, -0.2) is 4.72 Å². The summed E-state index contributed by atoms with van der Waals surface area (Å²) in [4.78, 5) is 11.9. The number of amides is 1. The Hall–Kier alpha value is -0.330. The van der Waals surface area contributed by atoms with E-state index in [2.05, 4.69) is 0 Å². The van der Waals surface area contributed by atoms with Crippen LogP contribution in [-0.2, 0) is 15.0 Å². The lowest BCUT2D eigenvalue weighted by Gasteiger charge is -2.17. The predicted molar refractivity (Wildman–Crippen MR) is 51.5 cm³/mol. The van der Waals surface area contributed by atoms with Crippen LogP contribution < -0.4 is 17.1 Å². The van der Waals surface area contributed by atoms with Gasteiger partial charge in [0.25, 0.3) is 0 Å².